The molecule has 142 valence electrons. The molecule has 0 spiro atoms. The molecule has 0 bridgehead atoms. The zero-order valence-corrected chi connectivity index (χ0v) is 15.4. The number of carbonyl (C=O) groups is 3. The highest BCUT2D eigenvalue weighted by molar-refractivity contribution is 5.98. The van der Waals surface area contributed by atoms with Crippen LogP contribution in [0.15, 0.2) is 48.5 Å². The summed E-state index contributed by atoms with van der Waals surface area (Å²) in [6.45, 7) is 3.93. The van der Waals surface area contributed by atoms with Crippen molar-refractivity contribution >= 4 is 29.1 Å². The van der Waals surface area contributed by atoms with Crippen LogP contribution in [0.25, 0.3) is 0 Å². The lowest BCUT2D eigenvalue weighted by Gasteiger charge is -2.12. The number of benzene rings is 2. The maximum absolute atomic E-state index is 12.2. The highest BCUT2D eigenvalue weighted by atomic mass is 16.2. The molecule has 0 saturated carbocycles. The number of hydrogen-bond donors (Lipinski definition) is 4. The van der Waals surface area contributed by atoms with Gasteiger partial charge in [-0.15, -0.1) is 0 Å². The van der Waals surface area contributed by atoms with Gasteiger partial charge in [-0.25, -0.2) is 0 Å². The van der Waals surface area contributed by atoms with E-state index in [0.29, 0.717) is 22.5 Å². The Morgan fingerprint density at radius 2 is 1.63 bits per heavy atom. The van der Waals surface area contributed by atoms with Crippen molar-refractivity contribution in [3.63, 3.8) is 0 Å². The van der Waals surface area contributed by atoms with Crippen LogP contribution in [0.5, 0.6) is 0 Å². The fourth-order valence-electron chi connectivity index (χ4n) is 2.32. The predicted molar refractivity (Wildman–Crippen MR) is 106 cm³/mol. The van der Waals surface area contributed by atoms with Gasteiger partial charge in [-0.05, 0) is 49.7 Å². The van der Waals surface area contributed by atoms with Gasteiger partial charge in [0, 0.05) is 28.5 Å². The number of primary amides is 1. The Balaban J connectivity index is 1.94. The van der Waals surface area contributed by atoms with Crippen LogP contribution in [0.4, 0.5) is 11.4 Å². The van der Waals surface area contributed by atoms with Gasteiger partial charge in [0.2, 0.25) is 11.8 Å². The number of carbonyl (C=O) groups excluding carboxylic acids is 3. The summed E-state index contributed by atoms with van der Waals surface area (Å²) in [6, 6.07) is 13.4. The first-order valence-electron chi connectivity index (χ1n) is 8.73. The zero-order chi connectivity index (χ0) is 19.8. The molecule has 7 nitrogen and oxygen atoms in total. The van der Waals surface area contributed by atoms with Crippen LogP contribution in [-0.4, -0.2) is 30.3 Å². The molecule has 0 aromatic heterocycles. The predicted octanol–water partition coefficient (Wildman–Crippen LogP) is 2.36. The van der Waals surface area contributed by atoms with E-state index < -0.39 is 5.91 Å². The highest BCUT2D eigenvalue weighted by Gasteiger charge is 2.10. The lowest BCUT2D eigenvalue weighted by atomic mass is 10.1. The summed E-state index contributed by atoms with van der Waals surface area (Å²) in [7, 11) is 0. The van der Waals surface area contributed by atoms with Crippen molar-refractivity contribution in [2.24, 2.45) is 5.73 Å². The molecule has 2 aromatic carbocycles. The molecule has 0 saturated heterocycles. The summed E-state index contributed by atoms with van der Waals surface area (Å²) in [4.78, 5) is 35.5. The van der Waals surface area contributed by atoms with E-state index in [4.69, 9.17) is 5.73 Å². The minimum absolute atomic E-state index is 0.00546. The lowest BCUT2D eigenvalue weighted by Crippen LogP contribution is -2.32. The molecular formula is C20H24N4O3. The van der Waals surface area contributed by atoms with Gasteiger partial charge in [-0.1, -0.05) is 19.1 Å². The molecule has 2 aromatic rings. The Hall–Kier alpha value is -3.35. The smallest absolute Gasteiger partial charge is 0.251 e. The fourth-order valence-corrected chi connectivity index (χ4v) is 2.32. The van der Waals surface area contributed by atoms with Crippen molar-refractivity contribution in [3.05, 3.63) is 59.7 Å². The van der Waals surface area contributed by atoms with E-state index in [1.165, 1.54) is 0 Å². The molecule has 7 heteroatoms. The number of amides is 3. The molecule has 1 unspecified atom stereocenters. The van der Waals surface area contributed by atoms with Crippen molar-refractivity contribution < 1.29 is 14.4 Å². The van der Waals surface area contributed by atoms with Gasteiger partial charge in [-0.2, -0.15) is 0 Å². The van der Waals surface area contributed by atoms with Gasteiger partial charge in [0.25, 0.3) is 5.91 Å². The van der Waals surface area contributed by atoms with Gasteiger partial charge >= 0.3 is 0 Å². The summed E-state index contributed by atoms with van der Waals surface area (Å²) >= 11 is 0. The second-order valence-electron chi connectivity index (χ2n) is 6.21. The maximum Gasteiger partial charge on any atom is 0.251 e. The standard InChI is InChI=1S/C20H24N4O3/c1-3-13(2)23-20(27)15-7-5-9-17(11-15)24-18(25)12-22-16-8-4-6-14(10-16)19(21)26/h4-11,13,22H,3,12H2,1-2H3,(H2,21,26)(H,23,27)(H,24,25). The molecule has 1 atom stereocenters. The van der Waals surface area contributed by atoms with Gasteiger partial charge in [0.15, 0.2) is 0 Å². The molecule has 0 fully saturated rings. The van der Waals surface area contributed by atoms with Crippen molar-refractivity contribution in [3.8, 4) is 0 Å². The van der Waals surface area contributed by atoms with E-state index in [9.17, 15) is 14.4 Å². The van der Waals surface area contributed by atoms with Gasteiger partial charge in [-0.3, -0.25) is 14.4 Å². The molecular weight excluding hydrogens is 344 g/mol. The SMILES string of the molecule is CCC(C)NC(=O)c1cccc(NC(=O)CNc2cccc(C(N)=O)c2)c1. The minimum Gasteiger partial charge on any atom is -0.376 e. The molecule has 0 aliphatic carbocycles. The maximum atomic E-state index is 12.2. The second kappa shape index (κ2) is 9.38. The zero-order valence-electron chi connectivity index (χ0n) is 15.4. The topological polar surface area (TPSA) is 113 Å². The molecule has 2 rings (SSSR count). The minimum atomic E-state index is -0.532. The Morgan fingerprint density at radius 1 is 1.00 bits per heavy atom. The summed E-state index contributed by atoms with van der Waals surface area (Å²) in [5.41, 5.74) is 7.23. The highest BCUT2D eigenvalue weighted by Crippen LogP contribution is 2.12. The first kappa shape index (κ1) is 20.0. The third kappa shape index (κ3) is 6.14. The monoisotopic (exact) mass is 368 g/mol. The Labute approximate surface area is 158 Å². The largest absolute Gasteiger partial charge is 0.376 e. The van der Waals surface area contributed by atoms with Crippen LogP contribution in [0.3, 0.4) is 0 Å². The summed E-state index contributed by atoms with van der Waals surface area (Å²) < 4.78 is 0. The van der Waals surface area contributed by atoms with Gasteiger partial charge in [0.05, 0.1) is 6.54 Å². The third-order valence-corrected chi connectivity index (χ3v) is 4.00. The van der Waals surface area contributed by atoms with Crippen LogP contribution >= 0.6 is 0 Å². The van der Waals surface area contributed by atoms with E-state index >= 15 is 0 Å². The average molecular weight is 368 g/mol. The molecule has 0 aliphatic rings. The van der Waals surface area contributed by atoms with Crippen molar-refractivity contribution in [2.45, 2.75) is 26.3 Å². The van der Waals surface area contributed by atoms with E-state index in [1.807, 2.05) is 13.8 Å². The van der Waals surface area contributed by atoms with Crippen molar-refractivity contribution in [1.29, 1.82) is 0 Å². The van der Waals surface area contributed by atoms with Gasteiger partial charge < -0.3 is 21.7 Å². The van der Waals surface area contributed by atoms with E-state index in [0.717, 1.165) is 6.42 Å². The van der Waals surface area contributed by atoms with E-state index in [-0.39, 0.29) is 24.4 Å². The number of rotatable bonds is 8. The molecule has 0 radical (unpaired) electrons. The molecule has 0 heterocycles. The Bertz CT molecular complexity index is 835. The van der Waals surface area contributed by atoms with Crippen LogP contribution in [0.2, 0.25) is 0 Å². The quantitative estimate of drug-likeness (QED) is 0.573. The third-order valence-electron chi connectivity index (χ3n) is 4.00. The second-order valence-corrected chi connectivity index (χ2v) is 6.21. The lowest BCUT2D eigenvalue weighted by molar-refractivity contribution is -0.114. The van der Waals surface area contributed by atoms with Gasteiger partial charge in [0.1, 0.15) is 0 Å². The molecule has 27 heavy (non-hydrogen) atoms. The van der Waals surface area contributed by atoms with Crippen LogP contribution in [0, 0.1) is 0 Å². The number of nitrogens with one attached hydrogen (secondary N) is 3. The summed E-state index contributed by atoms with van der Waals surface area (Å²) in [5.74, 6) is -0.989. The average Bonchev–Trinajstić information content (AvgIpc) is 2.66. The molecule has 0 aliphatic heterocycles. The number of anilines is 2. The first-order chi connectivity index (χ1) is 12.9. The van der Waals surface area contributed by atoms with Crippen LogP contribution < -0.4 is 21.7 Å². The molecule has 5 N–H and O–H groups in total. The summed E-state index contributed by atoms with van der Waals surface area (Å²) in [5, 5.41) is 8.56. The number of nitrogens with two attached hydrogens (primary N) is 1. The van der Waals surface area contributed by atoms with Crippen LogP contribution in [0.1, 0.15) is 41.0 Å². The van der Waals surface area contributed by atoms with E-state index in [1.54, 1.807) is 48.5 Å². The Kier molecular flexibility index (Phi) is 6.93. The normalized spacial score (nSPS) is 11.3. The summed E-state index contributed by atoms with van der Waals surface area (Å²) in [6.07, 6.45) is 0.838. The van der Waals surface area contributed by atoms with E-state index in [2.05, 4.69) is 16.0 Å². The van der Waals surface area contributed by atoms with Crippen molar-refractivity contribution in [2.75, 3.05) is 17.2 Å². The van der Waals surface area contributed by atoms with Crippen LogP contribution in [-0.2, 0) is 4.79 Å². The fraction of sp³-hybridized carbons (Fsp3) is 0.250. The number of hydrogen-bond acceptors (Lipinski definition) is 4. The van der Waals surface area contributed by atoms with Crippen molar-refractivity contribution in [1.82, 2.24) is 5.32 Å². The first-order valence-corrected chi connectivity index (χ1v) is 8.73. The molecule has 3 amide bonds. The Morgan fingerprint density at radius 3 is 2.30 bits per heavy atom.